The lowest BCUT2D eigenvalue weighted by atomic mass is 10.1. The first-order valence-corrected chi connectivity index (χ1v) is 8.11. The summed E-state index contributed by atoms with van der Waals surface area (Å²) in [5.41, 5.74) is 1.34. The van der Waals surface area contributed by atoms with Crippen molar-refractivity contribution in [2.24, 2.45) is 0 Å². The lowest BCUT2D eigenvalue weighted by Crippen LogP contribution is -2.09. The highest BCUT2D eigenvalue weighted by atomic mass is 16.6. The number of nitro groups is 1. The fourth-order valence-electron chi connectivity index (χ4n) is 2.34. The molecule has 2 rings (SSSR count). The molecule has 0 N–H and O–H groups in total. The standard InChI is InChI=1S/C19H19NO6/c1-3-11-25-18(21)14-7-9-15(10-8-14)19(22)26-12-16-6-4-5-13(2)17(16)20(23)24/h4-10H,3,11-12H2,1-2H3. The summed E-state index contributed by atoms with van der Waals surface area (Å²) in [4.78, 5) is 34.5. The second-order valence-electron chi connectivity index (χ2n) is 5.63. The molecule has 2 aromatic rings. The minimum Gasteiger partial charge on any atom is -0.462 e. The second-order valence-corrected chi connectivity index (χ2v) is 5.63. The van der Waals surface area contributed by atoms with Crippen LogP contribution in [0.5, 0.6) is 0 Å². The van der Waals surface area contributed by atoms with Gasteiger partial charge in [-0.15, -0.1) is 0 Å². The predicted octanol–water partition coefficient (Wildman–Crippen LogP) is 3.83. The maximum absolute atomic E-state index is 12.1. The van der Waals surface area contributed by atoms with Crippen molar-refractivity contribution >= 4 is 17.6 Å². The van der Waals surface area contributed by atoms with Gasteiger partial charge in [0.1, 0.15) is 6.61 Å². The van der Waals surface area contributed by atoms with Gasteiger partial charge < -0.3 is 9.47 Å². The Morgan fingerprint density at radius 1 is 1.00 bits per heavy atom. The minimum absolute atomic E-state index is 0.0608. The maximum atomic E-state index is 12.1. The molecule has 0 spiro atoms. The minimum atomic E-state index is -0.630. The number of esters is 2. The number of carbonyl (C=O) groups excluding carboxylic acids is 2. The van der Waals surface area contributed by atoms with Crippen molar-refractivity contribution in [3.05, 3.63) is 74.8 Å². The van der Waals surface area contributed by atoms with Crippen LogP contribution in [0.15, 0.2) is 42.5 Å². The maximum Gasteiger partial charge on any atom is 0.338 e. The average Bonchev–Trinajstić information content (AvgIpc) is 2.63. The van der Waals surface area contributed by atoms with Crippen LogP contribution in [0.25, 0.3) is 0 Å². The van der Waals surface area contributed by atoms with Gasteiger partial charge in [-0.25, -0.2) is 9.59 Å². The molecule has 0 fully saturated rings. The van der Waals surface area contributed by atoms with Crippen LogP contribution in [0.1, 0.15) is 45.2 Å². The van der Waals surface area contributed by atoms with E-state index in [1.165, 1.54) is 24.3 Å². The van der Waals surface area contributed by atoms with E-state index in [0.717, 1.165) is 6.42 Å². The van der Waals surface area contributed by atoms with Crippen LogP contribution in [-0.4, -0.2) is 23.5 Å². The smallest absolute Gasteiger partial charge is 0.338 e. The van der Waals surface area contributed by atoms with Crippen molar-refractivity contribution in [3.63, 3.8) is 0 Å². The Labute approximate surface area is 150 Å². The first kappa shape index (κ1) is 19.1. The number of rotatable bonds is 7. The summed E-state index contributed by atoms with van der Waals surface area (Å²) >= 11 is 0. The summed E-state index contributed by atoms with van der Waals surface area (Å²) in [5.74, 6) is -1.09. The van der Waals surface area contributed by atoms with Gasteiger partial charge in [0, 0.05) is 5.56 Å². The first-order valence-electron chi connectivity index (χ1n) is 8.11. The Morgan fingerprint density at radius 3 is 2.12 bits per heavy atom. The topological polar surface area (TPSA) is 95.7 Å². The summed E-state index contributed by atoms with van der Waals surface area (Å²) in [5, 5.41) is 11.2. The van der Waals surface area contributed by atoms with Crippen molar-refractivity contribution < 1.29 is 24.0 Å². The summed E-state index contributed by atoms with van der Waals surface area (Å²) in [6.45, 7) is 3.64. The molecular weight excluding hydrogens is 338 g/mol. The van der Waals surface area contributed by atoms with E-state index < -0.39 is 16.9 Å². The van der Waals surface area contributed by atoms with E-state index in [9.17, 15) is 19.7 Å². The molecule has 0 radical (unpaired) electrons. The molecule has 26 heavy (non-hydrogen) atoms. The van der Waals surface area contributed by atoms with Gasteiger partial charge in [0.15, 0.2) is 0 Å². The van der Waals surface area contributed by atoms with E-state index in [1.54, 1.807) is 25.1 Å². The molecule has 7 heteroatoms. The van der Waals surface area contributed by atoms with Crippen LogP contribution < -0.4 is 0 Å². The van der Waals surface area contributed by atoms with Crippen molar-refractivity contribution in [1.82, 2.24) is 0 Å². The average molecular weight is 357 g/mol. The van der Waals surface area contributed by atoms with Gasteiger partial charge in [-0.05, 0) is 43.7 Å². The van der Waals surface area contributed by atoms with Gasteiger partial charge in [-0.1, -0.05) is 19.1 Å². The van der Waals surface area contributed by atoms with Gasteiger partial charge in [-0.3, -0.25) is 10.1 Å². The summed E-state index contributed by atoms with van der Waals surface area (Å²) in [6.07, 6.45) is 0.723. The van der Waals surface area contributed by atoms with E-state index >= 15 is 0 Å². The lowest BCUT2D eigenvalue weighted by molar-refractivity contribution is -0.386. The van der Waals surface area contributed by atoms with Crippen molar-refractivity contribution in [1.29, 1.82) is 0 Å². The molecule has 0 saturated heterocycles. The molecule has 7 nitrogen and oxygen atoms in total. The van der Waals surface area contributed by atoms with E-state index in [2.05, 4.69) is 0 Å². The Hall–Kier alpha value is -3.22. The van der Waals surface area contributed by atoms with E-state index in [-0.39, 0.29) is 17.9 Å². The molecule has 0 amide bonds. The number of nitrogens with zero attached hydrogens (tertiary/aromatic N) is 1. The quantitative estimate of drug-likeness (QED) is 0.424. The van der Waals surface area contributed by atoms with E-state index in [0.29, 0.717) is 23.3 Å². The van der Waals surface area contributed by atoms with Crippen LogP contribution >= 0.6 is 0 Å². The van der Waals surface area contributed by atoms with Crippen LogP contribution in [-0.2, 0) is 16.1 Å². The van der Waals surface area contributed by atoms with Crippen LogP contribution in [0, 0.1) is 17.0 Å². The number of hydrogen-bond donors (Lipinski definition) is 0. The van der Waals surface area contributed by atoms with Gasteiger partial charge >= 0.3 is 11.9 Å². The Bertz CT molecular complexity index is 813. The second kappa shape index (κ2) is 8.75. The van der Waals surface area contributed by atoms with Gasteiger partial charge in [0.2, 0.25) is 0 Å². The fourth-order valence-corrected chi connectivity index (χ4v) is 2.34. The van der Waals surface area contributed by atoms with Gasteiger partial charge in [-0.2, -0.15) is 0 Å². The number of ether oxygens (including phenoxy) is 2. The monoisotopic (exact) mass is 357 g/mol. The number of hydrogen-bond acceptors (Lipinski definition) is 6. The Kier molecular flexibility index (Phi) is 6.43. The Morgan fingerprint density at radius 2 is 1.58 bits per heavy atom. The molecule has 136 valence electrons. The third-order valence-electron chi connectivity index (χ3n) is 3.66. The molecule has 2 aromatic carbocycles. The number of carbonyl (C=O) groups is 2. The molecular formula is C19H19NO6. The summed E-state index contributed by atoms with van der Waals surface area (Å²) < 4.78 is 10.2. The third kappa shape index (κ3) is 4.66. The molecule has 0 atom stereocenters. The zero-order chi connectivity index (χ0) is 19.1. The zero-order valence-corrected chi connectivity index (χ0v) is 14.6. The fraction of sp³-hybridized carbons (Fsp3) is 0.263. The van der Waals surface area contributed by atoms with E-state index in [4.69, 9.17) is 9.47 Å². The lowest BCUT2D eigenvalue weighted by Gasteiger charge is -2.08. The molecule has 0 aromatic heterocycles. The Balaban J connectivity index is 2.04. The number of benzene rings is 2. The highest BCUT2D eigenvalue weighted by Gasteiger charge is 2.18. The highest BCUT2D eigenvalue weighted by molar-refractivity contribution is 5.93. The van der Waals surface area contributed by atoms with Crippen molar-refractivity contribution in [2.75, 3.05) is 6.61 Å². The SMILES string of the molecule is CCCOC(=O)c1ccc(C(=O)OCc2cccc(C)c2[N+](=O)[O-])cc1. The zero-order valence-electron chi connectivity index (χ0n) is 14.6. The number of para-hydroxylation sites is 1. The van der Waals surface area contributed by atoms with Crippen LogP contribution in [0.2, 0.25) is 0 Å². The molecule has 0 bridgehead atoms. The molecule has 0 saturated carbocycles. The molecule has 0 aliphatic carbocycles. The van der Waals surface area contributed by atoms with E-state index in [1.807, 2.05) is 6.92 Å². The first-order chi connectivity index (χ1) is 12.4. The molecule has 0 aliphatic heterocycles. The van der Waals surface area contributed by atoms with Crippen molar-refractivity contribution in [2.45, 2.75) is 26.9 Å². The van der Waals surface area contributed by atoms with Gasteiger partial charge in [0.05, 0.1) is 28.2 Å². The largest absolute Gasteiger partial charge is 0.462 e. The predicted molar refractivity (Wildman–Crippen MR) is 94.0 cm³/mol. The number of aryl methyl sites for hydroxylation is 1. The van der Waals surface area contributed by atoms with Crippen LogP contribution in [0.4, 0.5) is 5.69 Å². The molecule has 0 unspecified atom stereocenters. The highest BCUT2D eigenvalue weighted by Crippen LogP contribution is 2.24. The summed E-state index contributed by atoms with van der Waals surface area (Å²) in [6, 6.07) is 10.7. The third-order valence-corrected chi connectivity index (χ3v) is 3.66. The molecule has 0 aliphatic rings. The number of nitro benzene ring substituents is 1. The summed E-state index contributed by atoms with van der Waals surface area (Å²) in [7, 11) is 0. The molecule has 0 heterocycles. The van der Waals surface area contributed by atoms with Gasteiger partial charge in [0.25, 0.3) is 5.69 Å². The van der Waals surface area contributed by atoms with Crippen LogP contribution in [0.3, 0.4) is 0 Å². The normalized spacial score (nSPS) is 10.2. The van der Waals surface area contributed by atoms with Crippen molar-refractivity contribution in [3.8, 4) is 0 Å².